The van der Waals surface area contributed by atoms with Crippen molar-refractivity contribution < 1.29 is 4.74 Å². The standard InChI is InChI=1S/C18H19N3O/c1-2-6-15(7-3-1)18-19-17-9-5-4-8-16(17)14-21(18)20-10-12-22-13-11-20/h1-9,14,18H,10-13H2. The zero-order chi connectivity index (χ0) is 14.8. The molecule has 0 saturated carbocycles. The molecule has 0 spiro atoms. The highest BCUT2D eigenvalue weighted by molar-refractivity contribution is 5.29. The van der Waals surface area contributed by atoms with Crippen molar-refractivity contribution in [3.8, 4) is 0 Å². The van der Waals surface area contributed by atoms with E-state index in [9.17, 15) is 0 Å². The third-order valence-corrected chi connectivity index (χ3v) is 4.13. The maximum absolute atomic E-state index is 5.49. The molecule has 0 bridgehead atoms. The molecule has 112 valence electrons. The number of benzene rings is 2. The summed E-state index contributed by atoms with van der Waals surface area (Å²) in [4.78, 5) is 4.98. The minimum absolute atomic E-state index is 0.00537. The van der Waals surface area contributed by atoms with Gasteiger partial charge in [0.15, 0.2) is 6.17 Å². The predicted octanol–water partition coefficient (Wildman–Crippen LogP) is 1.31. The van der Waals surface area contributed by atoms with Crippen LogP contribution in [0.3, 0.4) is 0 Å². The van der Waals surface area contributed by atoms with Crippen LogP contribution in [0.15, 0.2) is 59.6 Å². The lowest BCUT2D eigenvalue weighted by Gasteiger charge is -2.41. The van der Waals surface area contributed by atoms with Gasteiger partial charge in [0, 0.05) is 24.5 Å². The van der Waals surface area contributed by atoms with Crippen molar-refractivity contribution in [3.05, 3.63) is 70.7 Å². The first kappa shape index (κ1) is 13.5. The molecule has 0 radical (unpaired) electrons. The Morgan fingerprint density at radius 3 is 2.45 bits per heavy atom. The minimum Gasteiger partial charge on any atom is -0.379 e. The highest BCUT2D eigenvalue weighted by Crippen LogP contribution is 2.25. The average Bonchev–Trinajstić information content (AvgIpc) is 2.62. The Morgan fingerprint density at radius 2 is 1.64 bits per heavy atom. The number of ether oxygens (including phenoxy) is 1. The van der Waals surface area contributed by atoms with Crippen molar-refractivity contribution >= 4 is 6.20 Å². The molecule has 1 atom stereocenters. The molecular weight excluding hydrogens is 274 g/mol. The Balaban J connectivity index is 1.80. The maximum Gasteiger partial charge on any atom is 0.161 e. The molecule has 0 aliphatic carbocycles. The number of hydrogen-bond acceptors (Lipinski definition) is 4. The Kier molecular flexibility index (Phi) is 3.62. The monoisotopic (exact) mass is 293 g/mol. The largest absolute Gasteiger partial charge is 0.379 e. The quantitative estimate of drug-likeness (QED) is 0.835. The smallest absolute Gasteiger partial charge is 0.161 e. The fraction of sp³-hybridized carbons (Fsp3) is 0.278. The van der Waals surface area contributed by atoms with E-state index >= 15 is 0 Å². The van der Waals surface area contributed by atoms with Gasteiger partial charge in [-0.2, -0.15) is 0 Å². The zero-order valence-electron chi connectivity index (χ0n) is 12.4. The van der Waals surface area contributed by atoms with Gasteiger partial charge in [-0.3, -0.25) is 10.0 Å². The maximum atomic E-state index is 5.49. The van der Waals surface area contributed by atoms with Crippen molar-refractivity contribution in [1.29, 1.82) is 0 Å². The zero-order valence-corrected chi connectivity index (χ0v) is 12.4. The van der Waals surface area contributed by atoms with Crippen molar-refractivity contribution in [2.24, 2.45) is 4.99 Å². The molecule has 0 amide bonds. The SMILES string of the molecule is C1=c2ccccc2=NC(c2ccccc2)N1N1CCOCC1. The second kappa shape index (κ2) is 5.91. The third-order valence-electron chi connectivity index (χ3n) is 4.13. The molecule has 0 aromatic heterocycles. The summed E-state index contributed by atoms with van der Waals surface area (Å²) in [6.45, 7) is 3.34. The summed E-state index contributed by atoms with van der Waals surface area (Å²) in [5.41, 5.74) is 1.21. The molecule has 22 heavy (non-hydrogen) atoms. The van der Waals surface area contributed by atoms with Crippen LogP contribution < -0.4 is 10.6 Å². The first-order chi connectivity index (χ1) is 10.9. The Morgan fingerprint density at radius 1 is 0.909 bits per heavy atom. The van der Waals surface area contributed by atoms with E-state index in [1.54, 1.807) is 0 Å². The van der Waals surface area contributed by atoms with E-state index in [2.05, 4.69) is 58.7 Å². The van der Waals surface area contributed by atoms with Crippen LogP contribution in [0, 0.1) is 0 Å². The van der Waals surface area contributed by atoms with E-state index in [1.807, 2.05) is 12.1 Å². The van der Waals surface area contributed by atoms with E-state index in [-0.39, 0.29) is 6.17 Å². The Labute approximate surface area is 129 Å². The van der Waals surface area contributed by atoms with Gasteiger partial charge in [-0.05, 0) is 11.6 Å². The molecule has 2 aromatic carbocycles. The van der Waals surface area contributed by atoms with Crippen LogP contribution in [0.1, 0.15) is 11.7 Å². The summed E-state index contributed by atoms with van der Waals surface area (Å²) >= 11 is 0. The van der Waals surface area contributed by atoms with Gasteiger partial charge in [-0.1, -0.05) is 48.5 Å². The second-order valence-corrected chi connectivity index (χ2v) is 5.55. The van der Waals surface area contributed by atoms with Crippen molar-refractivity contribution in [1.82, 2.24) is 10.0 Å². The number of rotatable bonds is 2. The molecule has 4 nitrogen and oxygen atoms in total. The van der Waals surface area contributed by atoms with Gasteiger partial charge >= 0.3 is 0 Å². The van der Waals surface area contributed by atoms with Gasteiger partial charge in [-0.15, -0.1) is 0 Å². The van der Waals surface area contributed by atoms with E-state index in [0.717, 1.165) is 31.7 Å². The first-order valence-corrected chi connectivity index (χ1v) is 7.72. The van der Waals surface area contributed by atoms with Gasteiger partial charge in [0.2, 0.25) is 0 Å². The van der Waals surface area contributed by atoms with Gasteiger partial charge in [0.1, 0.15) is 0 Å². The Bertz CT molecular complexity index is 753. The van der Waals surface area contributed by atoms with E-state index in [4.69, 9.17) is 9.73 Å². The molecule has 4 heteroatoms. The predicted molar refractivity (Wildman–Crippen MR) is 85.1 cm³/mol. The molecule has 2 aliphatic heterocycles. The Hall–Kier alpha value is -2.17. The molecule has 1 saturated heterocycles. The molecule has 1 unspecified atom stereocenters. The van der Waals surface area contributed by atoms with Gasteiger partial charge in [-0.25, -0.2) is 5.01 Å². The molecular formula is C18H19N3O. The number of hydrogen-bond donors (Lipinski definition) is 0. The van der Waals surface area contributed by atoms with Crippen LogP contribution in [-0.2, 0) is 4.74 Å². The molecule has 2 aromatic rings. The highest BCUT2D eigenvalue weighted by Gasteiger charge is 2.26. The summed E-state index contributed by atoms with van der Waals surface area (Å²) in [6.07, 6.45) is 2.21. The van der Waals surface area contributed by atoms with Crippen LogP contribution in [0.2, 0.25) is 0 Å². The van der Waals surface area contributed by atoms with E-state index in [0.29, 0.717) is 0 Å². The fourth-order valence-electron chi connectivity index (χ4n) is 2.99. The number of para-hydroxylation sites is 1. The topological polar surface area (TPSA) is 28.1 Å². The number of morpholine rings is 1. The summed E-state index contributed by atoms with van der Waals surface area (Å²) < 4.78 is 5.49. The van der Waals surface area contributed by atoms with E-state index < -0.39 is 0 Å². The summed E-state index contributed by atoms with van der Waals surface area (Å²) in [5, 5.41) is 6.82. The lowest BCUT2D eigenvalue weighted by atomic mass is 10.1. The van der Waals surface area contributed by atoms with Crippen LogP contribution >= 0.6 is 0 Å². The lowest BCUT2D eigenvalue weighted by molar-refractivity contribution is -0.0734. The molecule has 4 rings (SSSR count). The fourth-order valence-corrected chi connectivity index (χ4v) is 2.99. The van der Waals surface area contributed by atoms with Gasteiger partial charge in [0.25, 0.3) is 0 Å². The molecule has 0 N–H and O–H groups in total. The van der Waals surface area contributed by atoms with E-state index in [1.165, 1.54) is 10.8 Å². The van der Waals surface area contributed by atoms with Crippen molar-refractivity contribution in [2.75, 3.05) is 26.3 Å². The van der Waals surface area contributed by atoms with Crippen molar-refractivity contribution in [3.63, 3.8) is 0 Å². The second-order valence-electron chi connectivity index (χ2n) is 5.55. The molecule has 1 fully saturated rings. The van der Waals surface area contributed by atoms with Gasteiger partial charge < -0.3 is 4.74 Å². The number of nitrogens with zero attached hydrogens (tertiary/aromatic N) is 3. The normalized spacial score (nSPS) is 21.6. The lowest BCUT2D eigenvalue weighted by Crippen LogP contribution is -2.50. The van der Waals surface area contributed by atoms with Gasteiger partial charge in [0.05, 0.1) is 18.6 Å². The molecule has 2 heterocycles. The third kappa shape index (κ3) is 2.51. The average molecular weight is 293 g/mol. The van der Waals surface area contributed by atoms with Crippen molar-refractivity contribution in [2.45, 2.75) is 6.17 Å². The first-order valence-electron chi connectivity index (χ1n) is 7.72. The number of hydrazine groups is 1. The number of fused-ring (bicyclic) bond motifs is 1. The highest BCUT2D eigenvalue weighted by atomic mass is 16.5. The summed E-state index contributed by atoms with van der Waals surface area (Å²) in [7, 11) is 0. The van der Waals surface area contributed by atoms with Crippen LogP contribution in [0.5, 0.6) is 0 Å². The summed E-state index contributed by atoms with van der Waals surface area (Å²) in [6, 6.07) is 18.8. The molecule has 2 aliphatic rings. The minimum atomic E-state index is -0.00537. The van der Waals surface area contributed by atoms with Crippen LogP contribution in [0.25, 0.3) is 6.20 Å². The summed E-state index contributed by atoms with van der Waals surface area (Å²) in [5.74, 6) is 0. The van der Waals surface area contributed by atoms with Crippen LogP contribution in [0.4, 0.5) is 0 Å². The van der Waals surface area contributed by atoms with Crippen LogP contribution in [-0.4, -0.2) is 36.3 Å².